The highest BCUT2D eigenvalue weighted by Crippen LogP contribution is 2.31. The molecule has 1 aliphatic rings. The van der Waals surface area contributed by atoms with Crippen LogP contribution >= 0.6 is 0 Å². The van der Waals surface area contributed by atoms with Crippen LogP contribution in [0.3, 0.4) is 0 Å². The van der Waals surface area contributed by atoms with Gasteiger partial charge in [0.15, 0.2) is 0 Å². The Balaban J connectivity index is 2.32. The van der Waals surface area contributed by atoms with Gasteiger partial charge in [0.05, 0.1) is 17.7 Å². The van der Waals surface area contributed by atoms with Gasteiger partial charge in [-0.25, -0.2) is 12.7 Å². The molecule has 1 saturated carbocycles. The minimum Gasteiger partial charge on any atom is -0.495 e. The smallest absolute Gasteiger partial charge is 0.247 e. The van der Waals surface area contributed by atoms with Crippen molar-refractivity contribution in [2.45, 2.75) is 43.5 Å². The van der Waals surface area contributed by atoms with Crippen LogP contribution in [-0.2, 0) is 19.6 Å². The summed E-state index contributed by atoms with van der Waals surface area (Å²) in [7, 11) is 0.650. The molecule has 2 amide bonds. The number of rotatable bonds is 7. The first kappa shape index (κ1) is 21.2. The molecule has 1 aromatic rings. The molecule has 0 radical (unpaired) electrons. The molecular weight excluding hydrogens is 370 g/mol. The van der Waals surface area contributed by atoms with Crippen LogP contribution in [-0.4, -0.2) is 51.8 Å². The normalized spacial score (nSPS) is 16.2. The molecule has 9 heteroatoms. The molecule has 1 aliphatic carbocycles. The number of nitrogens with zero attached hydrogens (tertiary/aromatic N) is 1. The van der Waals surface area contributed by atoms with E-state index in [1.807, 2.05) is 0 Å². The number of nitrogens with one attached hydrogen (secondary N) is 2. The van der Waals surface area contributed by atoms with Gasteiger partial charge in [0, 0.05) is 21.0 Å². The van der Waals surface area contributed by atoms with Crippen molar-refractivity contribution in [3.8, 4) is 5.75 Å². The van der Waals surface area contributed by atoms with Crippen molar-refractivity contribution in [3.63, 3.8) is 0 Å². The van der Waals surface area contributed by atoms with Gasteiger partial charge in [0.25, 0.3) is 0 Å². The van der Waals surface area contributed by atoms with E-state index in [4.69, 9.17) is 4.74 Å². The molecule has 0 unspecified atom stereocenters. The quantitative estimate of drug-likeness (QED) is 0.727. The van der Waals surface area contributed by atoms with Gasteiger partial charge in [0.2, 0.25) is 21.8 Å². The number of benzene rings is 1. The Kier molecular flexibility index (Phi) is 6.83. The van der Waals surface area contributed by atoms with E-state index in [0.29, 0.717) is 5.75 Å². The molecule has 1 aromatic carbocycles. The van der Waals surface area contributed by atoms with Crippen molar-refractivity contribution < 1.29 is 22.7 Å². The first-order valence-corrected chi connectivity index (χ1v) is 10.3. The van der Waals surface area contributed by atoms with Gasteiger partial charge in [-0.2, -0.15) is 0 Å². The molecule has 1 atom stereocenters. The molecule has 2 rings (SSSR count). The zero-order chi connectivity index (χ0) is 20.2. The lowest BCUT2D eigenvalue weighted by molar-refractivity contribution is -0.126. The van der Waals surface area contributed by atoms with Crippen LogP contribution in [0.1, 0.15) is 32.6 Å². The highest BCUT2D eigenvalue weighted by atomic mass is 32.2. The van der Waals surface area contributed by atoms with Gasteiger partial charge in [-0.15, -0.1) is 0 Å². The Morgan fingerprint density at radius 2 is 1.85 bits per heavy atom. The number of anilines is 1. The van der Waals surface area contributed by atoms with Crippen LogP contribution in [0.2, 0.25) is 0 Å². The van der Waals surface area contributed by atoms with Gasteiger partial charge in [-0.3, -0.25) is 9.59 Å². The zero-order valence-electron chi connectivity index (χ0n) is 16.1. The van der Waals surface area contributed by atoms with E-state index < -0.39 is 16.1 Å². The number of hydrogen-bond acceptors (Lipinski definition) is 5. The maximum absolute atomic E-state index is 12.9. The summed E-state index contributed by atoms with van der Waals surface area (Å²) in [6, 6.07) is 3.62. The van der Waals surface area contributed by atoms with Gasteiger partial charge in [-0.1, -0.05) is 12.8 Å². The summed E-state index contributed by atoms with van der Waals surface area (Å²) in [5.74, 6) is -0.254. The Hall–Kier alpha value is -2.13. The minimum absolute atomic E-state index is 0.0422. The summed E-state index contributed by atoms with van der Waals surface area (Å²) in [5.41, 5.74) is 0.249. The largest absolute Gasteiger partial charge is 0.495 e. The Morgan fingerprint density at radius 3 is 2.37 bits per heavy atom. The Labute approximate surface area is 160 Å². The summed E-state index contributed by atoms with van der Waals surface area (Å²) in [5, 5.41) is 5.46. The predicted molar refractivity (Wildman–Crippen MR) is 102 cm³/mol. The fourth-order valence-electron chi connectivity index (χ4n) is 3.27. The predicted octanol–water partition coefficient (Wildman–Crippen LogP) is 1.58. The van der Waals surface area contributed by atoms with Crippen LogP contribution < -0.4 is 15.4 Å². The Bertz CT molecular complexity index is 801. The van der Waals surface area contributed by atoms with Gasteiger partial charge in [-0.05, 0) is 37.0 Å². The van der Waals surface area contributed by atoms with Gasteiger partial charge in [0.1, 0.15) is 11.8 Å². The average Bonchev–Trinajstić information content (AvgIpc) is 3.13. The molecule has 8 nitrogen and oxygen atoms in total. The van der Waals surface area contributed by atoms with Crippen molar-refractivity contribution in [2.24, 2.45) is 5.92 Å². The fourth-order valence-corrected chi connectivity index (χ4v) is 4.20. The molecule has 0 saturated heterocycles. The van der Waals surface area contributed by atoms with E-state index in [-0.39, 0.29) is 28.3 Å². The molecule has 0 aliphatic heterocycles. The fraction of sp³-hybridized carbons (Fsp3) is 0.556. The standard InChI is InChI=1S/C18H27N3O5S/c1-12(22)19-17(13-7-5-6-8-13)18(23)20-15-11-14(9-10-16(15)26-4)27(24,25)21(2)3/h9-11,13,17H,5-8H2,1-4H3,(H,19,22)(H,20,23)/t17-/m0/s1. The third kappa shape index (κ3) is 4.98. The molecule has 150 valence electrons. The number of sulfonamides is 1. The van der Waals surface area contributed by atoms with Crippen LogP contribution in [0.25, 0.3) is 0 Å². The maximum Gasteiger partial charge on any atom is 0.247 e. The lowest BCUT2D eigenvalue weighted by Gasteiger charge is -2.24. The van der Waals surface area contributed by atoms with Crippen LogP contribution in [0.5, 0.6) is 5.75 Å². The van der Waals surface area contributed by atoms with E-state index in [0.717, 1.165) is 30.0 Å². The van der Waals surface area contributed by atoms with Crippen molar-refractivity contribution in [2.75, 3.05) is 26.5 Å². The summed E-state index contributed by atoms with van der Waals surface area (Å²) < 4.78 is 31.1. The number of methoxy groups -OCH3 is 1. The highest BCUT2D eigenvalue weighted by molar-refractivity contribution is 7.89. The molecule has 0 spiro atoms. The van der Waals surface area contributed by atoms with Crippen molar-refractivity contribution in [3.05, 3.63) is 18.2 Å². The molecule has 27 heavy (non-hydrogen) atoms. The first-order chi connectivity index (χ1) is 12.7. The monoisotopic (exact) mass is 397 g/mol. The van der Waals surface area contributed by atoms with Crippen LogP contribution in [0, 0.1) is 5.92 Å². The second-order valence-electron chi connectivity index (χ2n) is 6.86. The van der Waals surface area contributed by atoms with Gasteiger partial charge < -0.3 is 15.4 Å². The summed E-state index contributed by atoms with van der Waals surface area (Å²) in [6.45, 7) is 1.38. The number of amides is 2. The molecule has 0 heterocycles. The summed E-state index contributed by atoms with van der Waals surface area (Å²) >= 11 is 0. The van der Waals surface area contributed by atoms with E-state index in [9.17, 15) is 18.0 Å². The zero-order valence-corrected chi connectivity index (χ0v) is 16.9. The first-order valence-electron chi connectivity index (χ1n) is 8.85. The second-order valence-corrected chi connectivity index (χ2v) is 9.01. The molecule has 0 aromatic heterocycles. The molecule has 0 bridgehead atoms. The highest BCUT2D eigenvalue weighted by Gasteiger charge is 2.32. The SMILES string of the molecule is COc1ccc(S(=O)(=O)N(C)C)cc1NC(=O)[C@@H](NC(C)=O)C1CCCC1. The van der Waals surface area contributed by atoms with Crippen molar-refractivity contribution >= 4 is 27.5 Å². The third-order valence-electron chi connectivity index (χ3n) is 4.72. The molecule has 2 N–H and O–H groups in total. The summed E-state index contributed by atoms with van der Waals surface area (Å²) in [6.07, 6.45) is 3.77. The van der Waals surface area contributed by atoms with E-state index >= 15 is 0 Å². The maximum atomic E-state index is 12.9. The Morgan fingerprint density at radius 1 is 1.22 bits per heavy atom. The number of carbonyl (C=O) groups is 2. The summed E-state index contributed by atoms with van der Waals surface area (Å²) in [4.78, 5) is 24.4. The van der Waals surface area contributed by atoms with Crippen molar-refractivity contribution in [1.29, 1.82) is 0 Å². The van der Waals surface area contributed by atoms with E-state index in [2.05, 4.69) is 10.6 Å². The van der Waals surface area contributed by atoms with Gasteiger partial charge >= 0.3 is 0 Å². The van der Waals surface area contributed by atoms with Crippen molar-refractivity contribution in [1.82, 2.24) is 9.62 Å². The van der Waals surface area contributed by atoms with Crippen LogP contribution in [0.15, 0.2) is 23.1 Å². The second kappa shape index (κ2) is 8.71. The number of carbonyl (C=O) groups excluding carboxylic acids is 2. The molecular formula is C18H27N3O5S. The topological polar surface area (TPSA) is 105 Å². The molecule has 1 fully saturated rings. The number of ether oxygens (including phenoxy) is 1. The minimum atomic E-state index is -3.66. The lowest BCUT2D eigenvalue weighted by Crippen LogP contribution is -2.47. The average molecular weight is 397 g/mol. The van der Waals surface area contributed by atoms with E-state index in [1.165, 1.54) is 46.3 Å². The van der Waals surface area contributed by atoms with E-state index in [1.54, 1.807) is 0 Å². The number of hydrogen-bond donors (Lipinski definition) is 2. The lowest BCUT2D eigenvalue weighted by atomic mass is 9.97. The third-order valence-corrected chi connectivity index (χ3v) is 6.53. The van der Waals surface area contributed by atoms with Crippen LogP contribution in [0.4, 0.5) is 5.69 Å².